The SMILES string of the molecule is CC(=O)c1ccccc1C(=O)C(F)(F)F. The zero-order valence-corrected chi connectivity index (χ0v) is 7.76. The summed E-state index contributed by atoms with van der Waals surface area (Å²) in [5, 5.41) is 0. The first-order valence-corrected chi connectivity index (χ1v) is 4.05. The van der Waals surface area contributed by atoms with Gasteiger partial charge in [0, 0.05) is 11.1 Å². The number of carbonyl (C=O) groups excluding carboxylic acids is 2. The Balaban J connectivity index is 3.26. The first-order valence-electron chi connectivity index (χ1n) is 4.05. The Kier molecular flexibility index (Phi) is 2.93. The minimum absolute atomic E-state index is 0.208. The van der Waals surface area contributed by atoms with Crippen LogP contribution in [-0.2, 0) is 0 Å². The van der Waals surface area contributed by atoms with Gasteiger partial charge >= 0.3 is 6.18 Å². The summed E-state index contributed by atoms with van der Waals surface area (Å²) in [7, 11) is 0. The largest absolute Gasteiger partial charge is 0.454 e. The van der Waals surface area contributed by atoms with Gasteiger partial charge in [0.15, 0.2) is 5.78 Å². The maximum absolute atomic E-state index is 12.1. The molecule has 0 aliphatic carbocycles. The van der Waals surface area contributed by atoms with E-state index in [1.807, 2.05) is 0 Å². The molecular weight excluding hydrogens is 209 g/mol. The van der Waals surface area contributed by atoms with Gasteiger partial charge in [-0.1, -0.05) is 24.3 Å². The van der Waals surface area contributed by atoms with E-state index in [1.165, 1.54) is 18.2 Å². The number of Topliss-reactive ketones (excluding diaryl/α,β-unsaturated/α-hetero) is 2. The van der Waals surface area contributed by atoms with Gasteiger partial charge in [0.05, 0.1) is 0 Å². The van der Waals surface area contributed by atoms with E-state index in [9.17, 15) is 22.8 Å². The zero-order chi connectivity index (χ0) is 11.6. The van der Waals surface area contributed by atoms with Gasteiger partial charge in [0.1, 0.15) is 0 Å². The summed E-state index contributed by atoms with van der Waals surface area (Å²) >= 11 is 0. The van der Waals surface area contributed by atoms with E-state index in [-0.39, 0.29) is 5.56 Å². The molecule has 0 N–H and O–H groups in total. The molecule has 5 heteroatoms. The van der Waals surface area contributed by atoms with Crippen LogP contribution in [0.5, 0.6) is 0 Å². The second-order valence-corrected chi connectivity index (χ2v) is 2.93. The Morgan fingerprint density at radius 2 is 1.53 bits per heavy atom. The van der Waals surface area contributed by atoms with E-state index >= 15 is 0 Å². The Morgan fingerprint density at radius 1 is 1.07 bits per heavy atom. The van der Waals surface area contributed by atoms with E-state index in [0.29, 0.717) is 0 Å². The molecule has 0 radical (unpaired) electrons. The molecule has 0 unspecified atom stereocenters. The monoisotopic (exact) mass is 216 g/mol. The number of carbonyl (C=O) groups is 2. The van der Waals surface area contributed by atoms with Gasteiger partial charge < -0.3 is 0 Å². The number of ketones is 2. The lowest BCUT2D eigenvalue weighted by Gasteiger charge is -2.07. The van der Waals surface area contributed by atoms with Crippen molar-refractivity contribution in [2.75, 3.05) is 0 Å². The van der Waals surface area contributed by atoms with Crippen molar-refractivity contribution in [3.05, 3.63) is 35.4 Å². The standard InChI is InChI=1S/C10H7F3O2/c1-6(14)7-4-2-3-5-8(7)9(15)10(11,12)13/h2-5H,1H3. The van der Waals surface area contributed by atoms with Crippen molar-refractivity contribution >= 4 is 11.6 Å². The summed E-state index contributed by atoms with van der Waals surface area (Å²) in [6, 6.07) is 4.88. The molecule has 2 nitrogen and oxygen atoms in total. The predicted octanol–water partition coefficient (Wildman–Crippen LogP) is 2.63. The smallest absolute Gasteiger partial charge is 0.294 e. The van der Waals surface area contributed by atoms with Crippen LogP contribution in [0.1, 0.15) is 27.6 Å². The maximum Gasteiger partial charge on any atom is 0.454 e. The summed E-state index contributed by atoms with van der Waals surface area (Å²) < 4.78 is 36.4. The average Bonchev–Trinajstić information content (AvgIpc) is 2.15. The van der Waals surface area contributed by atoms with Gasteiger partial charge in [-0.3, -0.25) is 9.59 Å². The van der Waals surface area contributed by atoms with Crippen molar-refractivity contribution in [3.8, 4) is 0 Å². The van der Waals surface area contributed by atoms with Crippen molar-refractivity contribution in [1.29, 1.82) is 0 Å². The Bertz CT molecular complexity index is 407. The summed E-state index contributed by atoms with van der Waals surface area (Å²) in [6.07, 6.45) is -4.95. The van der Waals surface area contributed by atoms with Crippen LogP contribution in [-0.4, -0.2) is 17.7 Å². The second kappa shape index (κ2) is 3.84. The molecule has 0 spiro atoms. The molecule has 0 fully saturated rings. The Hall–Kier alpha value is -1.65. The van der Waals surface area contributed by atoms with Crippen LogP contribution in [0.25, 0.3) is 0 Å². The summed E-state index contributed by atoms with van der Waals surface area (Å²) in [4.78, 5) is 21.9. The van der Waals surface area contributed by atoms with Crippen LogP contribution in [0.2, 0.25) is 0 Å². The normalized spacial score (nSPS) is 11.2. The summed E-state index contributed by atoms with van der Waals surface area (Å²) in [6.45, 7) is 1.11. The van der Waals surface area contributed by atoms with Gasteiger partial charge in [-0.15, -0.1) is 0 Å². The maximum atomic E-state index is 12.1. The lowest BCUT2D eigenvalue weighted by molar-refractivity contribution is -0.0885. The summed E-state index contributed by atoms with van der Waals surface area (Å²) in [5.74, 6) is -2.56. The van der Waals surface area contributed by atoms with Crippen LogP contribution in [0.4, 0.5) is 13.2 Å². The topological polar surface area (TPSA) is 34.1 Å². The lowest BCUT2D eigenvalue weighted by atomic mass is 10.0. The van der Waals surface area contributed by atoms with E-state index in [2.05, 4.69) is 0 Å². The number of hydrogen-bond donors (Lipinski definition) is 0. The molecule has 0 amide bonds. The molecule has 0 aromatic heterocycles. The third-order valence-electron chi connectivity index (χ3n) is 1.81. The van der Waals surface area contributed by atoms with Crippen molar-refractivity contribution in [2.24, 2.45) is 0 Å². The molecule has 1 aromatic carbocycles. The van der Waals surface area contributed by atoms with Crippen molar-refractivity contribution < 1.29 is 22.8 Å². The zero-order valence-electron chi connectivity index (χ0n) is 7.76. The second-order valence-electron chi connectivity index (χ2n) is 2.93. The highest BCUT2D eigenvalue weighted by molar-refractivity contribution is 6.10. The van der Waals surface area contributed by atoms with E-state index < -0.39 is 23.3 Å². The average molecular weight is 216 g/mol. The van der Waals surface area contributed by atoms with Crippen LogP contribution in [0, 0.1) is 0 Å². The fourth-order valence-electron chi connectivity index (χ4n) is 1.14. The lowest BCUT2D eigenvalue weighted by Crippen LogP contribution is -2.24. The van der Waals surface area contributed by atoms with Crippen LogP contribution in [0.3, 0.4) is 0 Å². The minimum atomic E-state index is -4.95. The Labute approximate surface area is 83.7 Å². The highest BCUT2D eigenvalue weighted by Crippen LogP contribution is 2.23. The predicted molar refractivity (Wildman–Crippen MR) is 46.8 cm³/mol. The number of rotatable bonds is 2. The fraction of sp³-hybridized carbons (Fsp3) is 0.200. The molecule has 0 aliphatic rings. The van der Waals surface area contributed by atoms with Gasteiger partial charge in [-0.2, -0.15) is 13.2 Å². The third-order valence-corrected chi connectivity index (χ3v) is 1.81. The molecule has 0 heterocycles. The first-order chi connectivity index (χ1) is 6.84. The molecule has 80 valence electrons. The molecule has 0 saturated heterocycles. The van der Waals surface area contributed by atoms with E-state index in [1.54, 1.807) is 0 Å². The van der Waals surface area contributed by atoms with Crippen molar-refractivity contribution in [1.82, 2.24) is 0 Å². The third kappa shape index (κ3) is 2.43. The molecule has 0 bridgehead atoms. The highest BCUT2D eigenvalue weighted by Gasteiger charge is 2.40. The van der Waals surface area contributed by atoms with Gasteiger partial charge in [-0.05, 0) is 6.92 Å². The number of alkyl halides is 3. The van der Waals surface area contributed by atoms with Crippen molar-refractivity contribution in [2.45, 2.75) is 13.1 Å². The van der Waals surface area contributed by atoms with E-state index in [0.717, 1.165) is 13.0 Å². The van der Waals surface area contributed by atoms with Gasteiger partial charge in [-0.25, -0.2) is 0 Å². The molecule has 1 rings (SSSR count). The number of hydrogen-bond acceptors (Lipinski definition) is 2. The molecule has 0 atom stereocenters. The number of halogens is 3. The molecule has 0 saturated carbocycles. The fourth-order valence-corrected chi connectivity index (χ4v) is 1.14. The van der Waals surface area contributed by atoms with Crippen LogP contribution < -0.4 is 0 Å². The number of benzene rings is 1. The Morgan fingerprint density at radius 3 is 1.93 bits per heavy atom. The van der Waals surface area contributed by atoms with Gasteiger partial charge in [0.2, 0.25) is 0 Å². The van der Waals surface area contributed by atoms with Crippen molar-refractivity contribution in [3.63, 3.8) is 0 Å². The molecule has 15 heavy (non-hydrogen) atoms. The minimum Gasteiger partial charge on any atom is -0.294 e. The quantitative estimate of drug-likeness (QED) is 0.712. The molecular formula is C10H7F3O2. The first kappa shape index (κ1) is 11.4. The van der Waals surface area contributed by atoms with Gasteiger partial charge in [0.25, 0.3) is 5.78 Å². The molecule has 0 aliphatic heterocycles. The van der Waals surface area contributed by atoms with E-state index in [4.69, 9.17) is 0 Å². The van der Waals surface area contributed by atoms with Crippen LogP contribution >= 0.6 is 0 Å². The highest BCUT2D eigenvalue weighted by atomic mass is 19.4. The van der Waals surface area contributed by atoms with Crippen LogP contribution in [0.15, 0.2) is 24.3 Å². The molecule has 1 aromatic rings. The summed E-state index contributed by atoms with van der Waals surface area (Å²) in [5.41, 5.74) is -0.808.